The molecule has 0 saturated heterocycles. The van der Waals surface area contributed by atoms with Crippen LogP contribution in [0.2, 0.25) is 10.0 Å². The van der Waals surface area contributed by atoms with E-state index in [2.05, 4.69) is 52.1 Å². The molecule has 0 saturated carbocycles. The first-order valence-electron chi connectivity index (χ1n) is 6.46. The van der Waals surface area contributed by atoms with Gasteiger partial charge in [0.1, 0.15) is 0 Å². The van der Waals surface area contributed by atoms with Gasteiger partial charge in [0.25, 0.3) is 0 Å². The molecule has 0 unspecified atom stereocenters. The van der Waals surface area contributed by atoms with Gasteiger partial charge in [-0.3, -0.25) is 0 Å². The van der Waals surface area contributed by atoms with E-state index >= 15 is 0 Å². The maximum absolute atomic E-state index is 6.38. The molecule has 0 fully saturated rings. The zero-order valence-electron chi connectivity index (χ0n) is 11.4. The molecule has 0 spiro atoms. The van der Waals surface area contributed by atoms with E-state index < -0.39 is 0 Å². The fourth-order valence-corrected chi connectivity index (χ4v) is 3.84. The summed E-state index contributed by atoms with van der Waals surface area (Å²) in [5, 5.41) is 1.47. The lowest BCUT2D eigenvalue weighted by atomic mass is 9.85. The van der Waals surface area contributed by atoms with Crippen LogP contribution in [0.1, 0.15) is 22.6 Å². The first-order chi connectivity index (χ1) is 9.54. The Hall–Kier alpha value is -0.250. The molecule has 1 nitrogen and oxygen atoms in total. The van der Waals surface area contributed by atoms with Crippen molar-refractivity contribution in [2.24, 2.45) is 0 Å². The summed E-state index contributed by atoms with van der Waals surface area (Å²) in [6.45, 7) is 1.84. The van der Waals surface area contributed by atoms with Crippen LogP contribution in [0.4, 0.5) is 0 Å². The Labute approximate surface area is 149 Å². The van der Waals surface area contributed by atoms with Crippen LogP contribution in [0.15, 0.2) is 40.9 Å². The highest BCUT2D eigenvalue weighted by atomic mass is 79.9. The minimum absolute atomic E-state index is 0. The fraction of sp³-hybridized carbons (Fsp3) is 0.250. The molecule has 0 bridgehead atoms. The van der Waals surface area contributed by atoms with Crippen LogP contribution in [0.3, 0.4) is 0 Å². The van der Waals surface area contributed by atoms with Gasteiger partial charge in [-0.15, -0.1) is 12.4 Å². The van der Waals surface area contributed by atoms with Gasteiger partial charge >= 0.3 is 0 Å². The van der Waals surface area contributed by atoms with E-state index in [1.165, 1.54) is 16.7 Å². The minimum atomic E-state index is 0. The maximum Gasteiger partial charge on any atom is 0.0468 e. The molecule has 1 aliphatic heterocycles. The smallest absolute Gasteiger partial charge is 0.0468 e. The number of nitrogens with zero attached hydrogens (tertiary/aromatic N) is 1. The van der Waals surface area contributed by atoms with Crippen molar-refractivity contribution in [3.8, 4) is 0 Å². The number of likely N-dealkylation sites (N-methyl/N-ethyl adjacent to an activating group) is 1. The lowest BCUT2D eigenvalue weighted by Crippen LogP contribution is -2.31. The van der Waals surface area contributed by atoms with E-state index in [0.717, 1.165) is 22.6 Å². The molecular formula is C16H15BrCl3N. The number of rotatable bonds is 1. The van der Waals surface area contributed by atoms with E-state index in [9.17, 15) is 0 Å². The second-order valence-electron chi connectivity index (χ2n) is 5.26. The highest BCUT2D eigenvalue weighted by Gasteiger charge is 2.27. The molecule has 0 aliphatic carbocycles. The van der Waals surface area contributed by atoms with Crippen molar-refractivity contribution in [2.75, 3.05) is 13.6 Å². The van der Waals surface area contributed by atoms with Crippen LogP contribution >= 0.6 is 51.5 Å². The first kappa shape index (κ1) is 17.1. The molecule has 0 aromatic heterocycles. The third-order valence-corrected chi connectivity index (χ3v) is 4.79. The Morgan fingerprint density at radius 3 is 2.67 bits per heavy atom. The average Bonchev–Trinajstić information content (AvgIpc) is 2.39. The van der Waals surface area contributed by atoms with E-state index in [1.54, 1.807) is 0 Å². The van der Waals surface area contributed by atoms with Crippen LogP contribution in [0, 0.1) is 0 Å². The topological polar surface area (TPSA) is 3.24 Å². The molecule has 5 heteroatoms. The quantitative estimate of drug-likeness (QED) is 0.581. The molecule has 3 rings (SSSR count). The fourth-order valence-electron chi connectivity index (χ4n) is 2.85. The molecule has 0 amide bonds. The number of hydrogen-bond donors (Lipinski definition) is 0. The molecule has 0 radical (unpaired) electrons. The predicted octanol–water partition coefficient (Wildman–Crippen LogP) is 5.76. The van der Waals surface area contributed by atoms with Gasteiger partial charge < -0.3 is 4.90 Å². The third kappa shape index (κ3) is 3.57. The van der Waals surface area contributed by atoms with Crippen molar-refractivity contribution >= 4 is 51.5 Å². The summed E-state index contributed by atoms with van der Waals surface area (Å²) in [4.78, 5) is 2.30. The molecule has 0 N–H and O–H groups in total. The zero-order valence-corrected chi connectivity index (χ0v) is 15.4. The van der Waals surface area contributed by atoms with Crippen LogP contribution in [0.25, 0.3) is 0 Å². The number of halogens is 4. The van der Waals surface area contributed by atoms with Gasteiger partial charge in [0.2, 0.25) is 0 Å². The van der Waals surface area contributed by atoms with Gasteiger partial charge in [0.05, 0.1) is 0 Å². The van der Waals surface area contributed by atoms with E-state index in [0.29, 0.717) is 10.9 Å². The third-order valence-electron chi connectivity index (χ3n) is 3.74. The predicted molar refractivity (Wildman–Crippen MR) is 96.0 cm³/mol. The Morgan fingerprint density at radius 1 is 1.19 bits per heavy atom. The van der Waals surface area contributed by atoms with E-state index in [1.807, 2.05) is 12.1 Å². The van der Waals surface area contributed by atoms with Crippen LogP contribution in [-0.2, 0) is 6.54 Å². The Morgan fingerprint density at radius 2 is 1.95 bits per heavy atom. The molecular weight excluding hydrogens is 392 g/mol. The van der Waals surface area contributed by atoms with Gasteiger partial charge in [0, 0.05) is 33.5 Å². The average molecular weight is 408 g/mol. The highest BCUT2D eigenvalue weighted by Crippen LogP contribution is 2.38. The Bertz CT molecular complexity index is 660. The molecule has 112 valence electrons. The summed E-state index contributed by atoms with van der Waals surface area (Å²) in [5.41, 5.74) is 3.72. The standard InChI is InChI=1S/C16H14BrCl2N.ClH/c1-20-8-14(10-3-2-4-11(17)5-10)13-6-12(18)7-16(19)15(13)9-20;/h2-7,14H,8-9H2,1H3;1H/t14-;/m1./s1. The molecule has 21 heavy (non-hydrogen) atoms. The van der Waals surface area contributed by atoms with E-state index in [-0.39, 0.29) is 12.4 Å². The zero-order chi connectivity index (χ0) is 14.3. The van der Waals surface area contributed by atoms with Crippen LogP contribution in [-0.4, -0.2) is 18.5 Å². The van der Waals surface area contributed by atoms with Crippen molar-refractivity contribution in [1.82, 2.24) is 4.90 Å². The van der Waals surface area contributed by atoms with Gasteiger partial charge in [-0.2, -0.15) is 0 Å². The highest BCUT2D eigenvalue weighted by molar-refractivity contribution is 9.10. The maximum atomic E-state index is 6.38. The van der Waals surface area contributed by atoms with Crippen molar-refractivity contribution < 1.29 is 0 Å². The van der Waals surface area contributed by atoms with Crippen LogP contribution in [0.5, 0.6) is 0 Å². The summed E-state index contributed by atoms with van der Waals surface area (Å²) >= 11 is 16.1. The Kier molecular flexibility index (Phi) is 5.61. The largest absolute Gasteiger partial charge is 0.301 e. The first-order valence-corrected chi connectivity index (χ1v) is 8.01. The Balaban J connectivity index is 0.00000161. The van der Waals surface area contributed by atoms with E-state index in [4.69, 9.17) is 23.2 Å². The summed E-state index contributed by atoms with van der Waals surface area (Å²) in [7, 11) is 2.12. The second-order valence-corrected chi connectivity index (χ2v) is 7.02. The van der Waals surface area contributed by atoms with Crippen molar-refractivity contribution in [1.29, 1.82) is 0 Å². The summed E-state index contributed by atoms with van der Waals surface area (Å²) < 4.78 is 1.10. The lowest BCUT2D eigenvalue weighted by molar-refractivity contribution is 0.295. The normalized spacial score (nSPS) is 18.0. The monoisotopic (exact) mass is 405 g/mol. The second kappa shape index (κ2) is 6.89. The van der Waals surface area contributed by atoms with Gasteiger partial charge in [0.15, 0.2) is 0 Å². The van der Waals surface area contributed by atoms with Crippen molar-refractivity contribution in [2.45, 2.75) is 12.5 Å². The molecule has 1 heterocycles. The molecule has 2 aromatic carbocycles. The van der Waals surface area contributed by atoms with Gasteiger partial charge in [-0.1, -0.05) is 51.3 Å². The number of benzene rings is 2. The van der Waals surface area contributed by atoms with Crippen molar-refractivity contribution in [3.63, 3.8) is 0 Å². The summed E-state index contributed by atoms with van der Waals surface area (Å²) in [6.07, 6.45) is 0. The summed E-state index contributed by atoms with van der Waals surface area (Å²) in [5.74, 6) is 0.303. The molecule has 2 aromatic rings. The SMILES string of the molecule is CN1Cc2c(Cl)cc(Cl)cc2[C@@H](c2cccc(Br)c2)C1.Cl. The lowest BCUT2D eigenvalue weighted by Gasteiger charge is -2.33. The molecule has 1 aliphatic rings. The van der Waals surface area contributed by atoms with Crippen molar-refractivity contribution in [3.05, 3.63) is 67.6 Å². The van der Waals surface area contributed by atoms with Gasteiger partial charge in [-0.25, -0.2) is 0 Å². The van der Waals surface area contributed by atoms with Crippen LogP contribution < -0.4 is 0 Å². The minimum Gasteiger partial charge on any atom is -0.301 e. The molecule has 1 atom stereocenters. The summed E-state index contributed by atoms with van der Waals surface area (Å²) in [6, 6.07) is 12.3. The number of hydrogen-bond acceptors (Lipinski definition) is 1. The number of fused-ring (bicyclic) bond motifs is 1. The van der Waals surface area contributed by atoms with Gasteiger partial charge in [-0.05, 0) is 48.0 Å².